The van der Waals surface area contributed by atoms with Crippen molar-refractivity contribution in [3.05, 3.63) is 30.3 Å². The largest absolute Gasteiger partial charge is 0.339 e. The topological polar surface area (TPSA) is 91.2 Å². The fraction of sp³-hybridized carbons (Fsp3) is 0.579. The Morgan fingerprint density at radius 1 is 1.07 bits per heavy atom. The number of anilines is 1. The molecule has 3 atom stereocenters. The van der Waals surface area contributed by atoms with Crippen LogP contribution in [0.4, 0.5) is 5.95 Å². The van der Waals surface area contributed by atoms with Crippen LogP contribution in [0, 0.1) is 11.8 Å². The number of carbonyl (C=O) groups excluding carboxylic acids is 1. The number of aromatic nitrogens is 4. The Kier molecular flexibility index (Phi) is 4.69. The van der Waals surface area contributed by atoms with Crippen LogP contribution in [0.1, 0.15) is 19.3 Å². The van der Waals surface area contributed by atoms with Crippen LogP contribution in [0.25, 0.3) is 5.69 Å². The first-order chi connectivity index (χ1) is 13.8. The number of nitrogens with one attached hydrogen (secondary N) is 2. The van der Waals surface area contributed by atoms with E-state index in [9.17, 15) is 4.79 Å². The average Bonchev–Trinajstić information content (AvgIpc) is 3.43. The molecule has 3 aliphatic rings. The fourth-order valence-electron chi connectivity index (χ4n) is 4.80. The van der Waals surface area contributed by atoms with Crippen molar-refractivity contribution in [1.29, 1.82) is 0 Å². The summed E-state index contributed by atoms with van der Waals surface area (Å²) in [6, 6.07) is 10.2. The van der Waals surface area contributed by atoms with Crippen molar-refractivity contribution in [2.75, 3.05) is 37.6 Å². The van der Waals surface area contributed by atoms with Gasteiger partial charge in [0, 0.05) is 38.8 Å². The zero-order chi connectivity index (χ0) is 18.9. The van der Waals surface area contributed by atoms with E-state index in [2.05, 4.69) is 31.3 Å². The van der Waals surface area contributed by atoms with Gasteiger partial charge in [0.1, 0.15) is 0 Å². The van der Waals surface area contributed by atoms with Gasteiger partial charge < -0.3 is 9.80 Å². The molecule has 0 radical (unpaired) electrons. The number of hydrogen-bond acceptors (Lipinski definition) is 7. The van der Waals surface area contributed by atoms with E-state index < -0.39 is 0 Å². The van der Waals surface area contributed by atoms with Crippen molar-refractivity contribution in [3.63, 3.8) is 0 Å². The first-order valence-electron chi connectivity index (χ1n) is 10.2. The van der Waals surface area contributed by atoms with Gasteiger partial charge in [-0.05, 0) is 41.3 Å². The van der Waals surface area contributed by atoms with Crippen LogP contribution in [0.5, 0.6) is 0 Å². The highest BCUT2D eigenvalue weighted by atomic mass is 16.2. The molecular weight excluding hydrogens is 356 g/mol. The minimum atomic E-state index is 0.0925. The highest BCUT2D eigenvalue weighted by molar-refractivity contribution is 5.80. The van der Waals surface area contributed by atoms with Gasteiger partial charge in [0.25, 0.3) is 0 Å². The Morgan fingerprint density at radius 2 is 1.89 bits per heavy atom. The summed E-state index contributed by atoms with van der Waals surface area (Å²) in [4.78, 5) is 17.4. The molecule has 0 bridgehead atoms. The molecule has 148 valence electrons. The summed E-state index contributed by atoms with van der Waals surface area (Å²) < 4.78 is 1.76. The molecule has 0 spiro atoms. The Labute approximate surface area is 164 Å². The highest BCUT2D eigenvalue weighted by Crippen LogP contribution is 2.32. The number of benzene rings is 1. The van der Waals surface area contributed by atoms with E-state index >= 15 is 0 Å². The van der Waals surface area contributed by atoms with Crippen molar-refractivity contribution >= 4 is 11.9 Å². The molecule has 2 aliphatic heterocycles. The Balaban J connectivity index is 1.25. The van der Waals surface area contributed by atoms with Gasteiger partial charge in [0.15, 0.2) is 0 Å². The number of amides is 1. The second kappa shape index (κ2) is 7.48. The Bertz CT molecular complexity index is 816. The minimum absolute atomic E-state index is 0.0925. The van der Waals surface area contributed by atoms with Gasteiger partial charge in [-0.15, -0.1) is 0 Å². The SMILES string of the molecule is O=C(C1CCCC2CNNC21)N1CCN(c2nnnn2-c2ccccc2)CC1. The van der Waals surface area contributed by atoms with Gasteiger partial charge in [0.2, 0.25) is 11.9 Å². The Morgan fingerprint density at radius 3 is 2.71 bits per heavy atom. The number of tetrazole rings is 1. The maximum Gasteiger partial charge on any atom is 0.250 e. The molecule has 1 aromatic carbocycles. The monoisotopic (exact) mass is 382 g/mol. The van der Waals surface area contributed by atoms with Gasteiger partial charge in [-0.1, -0.05) is 29.7 Å². The summed E-state index contributed by atoms with van der Waals surface area (Å²) in [5.74, 6) is 1.71. The van der Waals surface area contributed by atoms with Gasteiger partial charge in [-0.3, -0.25) is 15.6 Å². The van der Waals surface area contributed by atoms with Crippen LogP contribution in [-0.2, 0) is 4.79 Å². The maximum absolute atomic E-state index is 13.2. The third-order valence-electron chi connectivity index (χ3n) is 6.31. The second-order valence-electron chi connectivity index (χ2n) is 7.89. The van der Waals surface area contributed by atoms with E-state index in [1.54, 1.807) is 4.68 Å². The number of rotatable bonds is 3. The molecule has 5 rings (SSSR count). The fourth-order valence-corrected chi connectivity index (χ4v) is 4.80. The molecule has 9 heteroatoms. The normalized spacial score (nSPS) is 27.6. The molecule has 1 amide bonds. The number of nitrogens with zero attached hydrogens (tertiary/aromatic N) is 6. The summed E-state index contributed by atoms with van der Waals surface area (Å²) in [7, 11) is 0. The lowest BCUT2D eigenvalue weighted by Crippen LogP contribution is -2.55. The first-order valence-corrected chi connectivity index (χ1v) is 10.2. The van der Waals surface area contributed by atoms with Gasteiger partial charge in [-0.25, -0.2) is 0 Å². The van der Waals surface area contributed by atoms with Crippen LogP contribution >= 0.6 is 0 Å². The molecule has 2 N–H and O–H groups in total. The predicted molar refractivity (Wildman–Crippen MR) is 104 cm³/mol. The Hall–Kier alpha value is -2.52. The van der Waals surface area contributed by atoms with Crippen LogP contribution in [0.3, 0.4) is 0 Å². The van der Waals surface area contributed by atoms with Gasteiger partial charge in [0.05, 0.1) is 11.6 Å². The molecule has 9 nitrogen and oxygen atoms in total. The highest BCUT2D eigenvalue weighted by Gasteiger charge is 2.42. The number of fused-ring (bicyclic) bond motifs is 1. The third-order valence-corrected chi connectivity index (χ3v) is 6.31. The lowest BCUT2D eigenvalue weighted by molar-refractivity contribution is -0.138. The number of hydrogen-bond donors (Lipinski definition) is 2. The van der Waals surface area contributed by atoms with E-state index in [1.807, 2.05) is 35.2 Å². The lowest BCUT2D eigenvalue weighted by Gasteiger charge is -2.39. The van der Waals surface area contributed by atoms with Crippen LogP contribution in [0.15, 0.2) is 30.3 Å². The van der Waals surface area contributed by atoms with E-state index in [0.29, 0.717) is 24.9 Å². The molecule has 3 heterocycles. The third kappa shape index (κ3) is 3.14. The molecule has 28 heavy (non-hydrogen) atoms. The van der Waals surface area contributed by atoms with Crippen LogP contribution in [0.2, 0.25) is 0 Å². The lowest BCUT2D eigenvalue weighted by atomic mass is 9.77. The minimum Gasteiger partial charge on any atom is -0.339 e. The van der Waals surface area contributed by atoms with Crippen molar-refractivity contribution in [2.24, 2.45) is 11.8 Å². The second-order valence-corrected chi connectivity index (χ2v) is 7.89. The molecule has 3 unspecified atom stereocenters. The van der Waals surface area contributed by atoms with E-state index in [1.165, 1.54) is 6.42 Å². The maximum atomic E-state index is 13.2. The number of carbonyl (C=O) groups is 1. The van der Waals surface area contributed by atoms with Crippen molar-refractivity contribution in [2.45, 2.75) is 25.3 Å². The smallest absolute Gasteiger partial charge is 0.250 e. The van der Waals surface area contributed by atoms with Crippen molar-refractivity contribution in [3.8, 4) is 5.69 Å². The average molecular weight is 382 g/mol. The van der Waals surface area contributed by atoms with Crippen LogP contribution in [-0.4, -0.2) is 69.8 Å². The zero-order valence-electron chi connectivity index (χ0n) is 15.9. The molecular formula is C19H26N8O. The summed E-state index contributed by atoms with van der Waals surface area (Å²) >= 11 is 0. The van der Waals surface area contributed by atoms with Crippen molar-refractivity contribution in [1.82, 2.24) is 36.0 Å². The molecule has 2 aromatic rings. The molecule has 1 aromatic heterocycles. The number of hydrazine groups is 1. The summed E-state index contributed by atoms with van der Waals surface area (Å²) in [5, 5.41) is 12.2. The summed E-state index contributed by atoms with van der Waals surface area (Å²) in [5.41, 5.74) is 7.53. The summed E-state index contributed by atoms with van der Waals surface area (Å²) in [6.45, 7) is 3.88. The molecule has 1 aliphatic carbocycles. The van der Waals surface area contributed by atoms with E-state index in [0.717, 1.165) is 44.1 Å². The predicted octanol–water partition coefficient (Wildman–Crippen LogP) is 0.204. The first kappa shape index (κ1) is 17.6. The van der Waals surface area contributed by atoms with Crippen LogP contribution < -0.4 is 15.8 Å². The standard InChI is InChI=1S/C19H26N8O/c28-18(16-8-4-5-14-13-20-21-17(14)16)25-9-11-26(12-10-25)19-22-23-24-27(19)15-6-2-1-3-7-15/h1-3,6-7,14,16-17,20-21H,4-5,8-13H2. The van der Waals surface area contributed by atoms with E-state index in [-0.39, 0.29) is 12.0 Å². The van der Waals surface area contributed by atoms with Gasteiger partial charge >= 0.3 is 0 Å². The van der Waals surface area contributed by atoms with E-state index in [4.69, 9.17) is 0 Å². The number of piperazine rings is 1. The number of para-hydroxylation sites is 1. The van der Waals surface area contributed by atoms with Gasteiger partial charge in [-0.2, -0.15) is 4.68 Å². The summed E-state index contributed by atoms with van der Waals surface area (Å²) in [6.07, 6.45) is 3.35. The molecule has 3 fully saturated rings. The quantitative estimate of drug-likeness (QED) is 0.784. The zero-order valence-corrected chi connectivity index (χ0v) is 15.9. The van der Waals surface area contributed by atoms with Crippen molar-refractivity contribution < 1.29 is 4.79 Å². The molecule has 1 saturated carbocycles. The molecule has 2 saturated heterocycles.